The second-order valence-electron chi connectivity index (χ2n) is 4.06. The van der Waals surface area contributed by atoms with Gasteiger partial charge in [-0.05, 0) is 40.2 Å². The summed E-state index contributed by atoms with van der Waals surface area (Å²) < 4.78 is 13.5. The van der Waals surface area contributed by atoms with E-state index < -0.39 is 11.7 Å². The standard InChI is InChI=1S/C13H7BrCl3FN2O/c14-8-1-5(18)2-10(16)12(8)20-13(21)7-3-6(19)4-9(15)11(7)17/h1-4H,19H2,(H,20,21). The van der Waals surface area contributed by atoms with Gasteiger partial charge in [0.25, 0.3) is 5.91 Å². The Labute approximate surface area is 143 Å². The number of nitrogens with two attached hydrogens (primary N) is 1. The van der Waals surface area contributed by atoms with E-state index in [1.165, 1.54) is 18.2 Å². The number of benzene rings is 2. The molecule has 0 heterocycles. The van der Waals surface area contributed by atoms with Crippen molar-refractivity contribution in [3.8, 4) is 0 Å². The molecule has 0 saturated carbocycles. The highest BCUT2D eigenvalue weighted by Crippen LogP contribution is 2.34. The summed E-state index contributed by atoms with van der Waals surface area (Å²) in [4.78, 5) is 12.2. The van der Waals surface area contributed by atoms with Gasteiger partial charge in [-0.15, -0.1) is 0 Å². The van der Waals surface area contributed by atoms with E-state index in [0.717, 1.165) is 6.07 Å². The van der Waals surface area contributed by atoms with Crippen molar-refractivity contribution in [2.24, 2.45) is 0 Å². The van der Waals surface area contributed by atoms with Gasteiger partial charge >= 0.3 is 0 Å². The Bertz CT molecular complexity index is 717. The largest absolute Gasteiger partial charge is 0.399 e. The van der Waals surface area contributed by atoms with Gasteiger partial charge in [-0.2, -0.15) is 0 Å². The third kappa shape index (κ3) is 3.61. The zero-order valence-electron chi connectivity index (χ0n) is 10.2. The molecule has 0 aliphatic rings. The average Bonchev–Trinajstić information content (AvgIpc) is 2.37. The van der Waals surface area contributed by atoms with Gasteiger partial charge in [0.15, 0.2) is 0 Å². The summed E-state index contributed by atoms with van der Waals surface area (Å²) in [5.41, 5.74) is 6.23. The van der Waals surface area contributed by atoms with Crippen molar-refractivity contribution in [2.75, 3.05) is 11.1 Å². The molecule has 3 nitrogen and oxygen atoms in total. The smallest absolute Gasteiger partial charge is 0.257 e. The third-order valence-corrected chi connectivity index (χ3v) is 4.27. The Morgan fingerprint density at radius 3 is 2.43 bits per heavy atom. The molecule has 1 amide bonds. The van der Waals surface area contributed by atoms with E-state index in [1.54, 1.807) is 0 Å². The predicted octanol–water partition coefficient (Wildman–Crippen LogP) is 5.38. The number of nitrogen functional groups attached to an aromatic ring is 1. The molecule has 3 N–H and O–H groups in total. The highest BCUT2D eigenvalue weighted by molar-refractivity contribution is 9.10. The second-order valence-corrected chi connectivity index (χ2v) is 6.11. The molecule has 21 heavy (non-hydrogen) atoms. The van der Waals surface area contributed by atoms with Gasteiger partial charge < -0.3 is 11.1 Å². The zero-order chi connectivity index (χ0) is 15.7. The molecule has 0 aliphatic heterocycles. The fourth-order valence-electron chi connectivity index (χ4n) is 1.62. The first-order valence-electron chi connectivity index (χ1n) is 5.50. The van der Waals surface area contributed by atoms with Crippen LogP contribution < -0.4 is 11.1 Å². The molecule has 2 rings (SSSR count). The molecule has 110 valence electrons. The number of carbonyl (C=O) groups excluding carboxylic acids is 1. The number of anilines is 2. The first-order valence-corrected chi connectivity index (χ1v) is 7.42. The van der Waals surface area contributed by atoms with Crippen LogP contribution in [-0.2, 0) is 0 Å². The molecule has 0 spiro atoms. The topological polar surface area (TPSA) is 55.1 Å². The molecule has 0 fully saturated rings. The lowest BCUT2D eigenvalue weighted by atomic mass is 10.2. The van der Waals surface area contributed by atoms with E-state index >= 15 is 0 Å². The molecule has 2 aromatic rings. The van der Waals surface area contributed by atoms with Crippen molar-refractivity contribution in [3.63, 3.8) is 0 Å². The van der Waals surface area contributed by atoms with Crippen LogP contribution in [0.5, 0.6) is 0 Å². The lowest BCUT2D eigenvalue weighted by molar-refractivity contribution is 0.102. The Morgan fingerprint density at radius 2 is 1.81 bits per heavy atom. The summed E-state index contributed by atoms with van der Waals surface area (Å²) >= 11 is 20.9. The van der Waals surface area contributed by atoms with Crippen LogP contribution in [0, 0.1) is 5.82 Å². The SMILES string of the molecule is Nc1cc(Cl)c(Cl)c(C(=O)Nc2c(Cl)cc(F)cc2Br)c1. The Kier molecular flexibility index (Phi) is 4.99. The zero-order valence-corrected chi connectivity index (χ0v) is 14.0. The van der Waals surface area contributed by atoms with Crippen LogP contribution in [0.3, 0.4) is 0 Å². The Hall–Kier alpha value is -1.01. The van der Waals surface area contributed by atoms with Crippen LogP contribution in [0.1, 0.15) is 10.4 Å². The molecule has 0 saturated heterocycles. The normalized spacial score (nSPS) is 10.5. The van der Waals surface area contributed by atoms with Gasteiger partial charge in [-0.1, -0.05) is 34.8 Å². The number of carbonyl (C=O) groups is 1. The fourth-order valence-corrected chi connectivity index (χ4v) is 2.94. The maximum absolute atomic E-state index is 13.2. The second kappa shape index (κ2) is 6.40. The van der Waals surface area contributed by atoms with Gasteiger partial charge in [0.05, 0.1) is 26.3 Å². The van der Waals surface area contributed by atoms with Gasteiger partial charge in [0.2, 0.25) is 0 Å². The van der Waals surface area contributed by atoms with E-state index in [1.807, 2.05) is 0 Å². The molecule has 0 aromatic heterocycles. The maximum Gasteiger partial charge on any atom is 0.257 e. The van der Waals surface area contributed by atoms with E-state index in [-0.39, 0.29) is 26.3 Å². The minimum Gasteiger partial charge on any atom is -0.399 e. The molecule has 0 aliphatic carbocycles. The minimum atomic E-state index is -0.566. The number of rotatable bonds is 2. The van der Waals surface area contributed by atoms with E-state index in [4.69, 9.17) is 40.5 Å². The first kappa shape index (κ1) is 16.4. The summed E-state index contributed by atoms with van der Waals surface area (Å²) in [6.07, 6.45) is 0. The van der Waals surface area contributed by atoms with Crippen LogP contribution in [-0.4, -0.2) is 5.91 Å². The monoisotopic (exact) mass is 410 g/mol. The van der Waals surface area contributed by atoms with Crippen molar-refractivity contribution in [1.29, 1.82) is 0 Å². The van der Waals surface area contributed by atoms with Crippen LogP contribution in [0.2, 0.25) is 15.1 Å². The molecular weight excluding hydrogens is 405 g/mol. The van der Waals surface area contributed by atoms with Crippen molar-refractivity contribution >= 4 is 68.0 Å². The highest BCUT2D eigenvalue weighted by atomic mass is 79.9. The quantitative estimate of drug-likeness (QED) is 0.651. The van der Waals surface area contributed by atoms with Crippen molar-refractivity contribution < 1.29 is 9.18 Å². The minimum absolute atomic E-state index is 0.0429. The summed E-state index contributed by atoms with van der Waals surface area (Å²) in [6.45, 7) is 0. The van der Waals surface area contributed by atoms with E-state index in [0.29, 0.717) is 10.2 Å². The first-order chi connectivity index (χ1) is 9.79. The van der Waals surface area contributed by atoms with Crippen molar-refractivity contribution in [3.05, 3.63) is 55.2 Å². The lowest BCUT2D eigenvalue weighted by Crippen LogP contribution is -2.14. The van der Waals surface area contributed by atoms with Crippen molar-refractivity contribution in [2.45, 2.75) is 0 Å². The van der Waals surface area contributed by atoms with Gasteiger partial charge in [-0.3, -0.25) is 4.79 Å². The number of hydrogen-bond donors (Lipinski definition) is 2. The number of hydrogen-bond acceptors (Lipinski definition) is 2. The van der Waals surface area contributed by atoms with Gasteiger partial charge in [0.1, 0.15) is 5.82 Å². The van der Waals surface area contributed by atoms with Gasteiger partial charge in [0, 0.05) is 10.2 Å². The molecule has 0 bridgehead atoms. The molecule has 2 aromatic carbocycles. The van der Waals surface area contributed by atoms with E-state index in [9.17, 15) is 9.18 Å². The lowest BCUT2D eigenvalue weighted by Gasteiger charge is -2.11. The summed E-state index contributed by atoms with van der Waals surface area (Å²) in [5.74, 6) is -1.10. The summed E-state index contributed by atoms with van der Waals surface area (Å²) in [6, 6.07) is 5.07. The molecule has 0 radical (unpaired) electrons. The average molecular weight is 412 g/mol. The Morgan fingerprint density at radius 1 is 1.14 bits per heavy atom. The maximum atomic E-state index is 13.2. The third-order valence-electron chi connectivity index (χ3n) is 2.54. The molecule has 0 unspecified atom stereocenters. The van der Waals surface area contributed by atoms with Crippen LogP contribution >= 0.6 is 50.7 Å². The molecular formula is C13H7BrCl3FN2O. The van der Waals surface area contributed by atoms with Gasteiger partial charge in [-0.25, -0.2) is 4.39 Å². The fraction of sp³-hybridized carbons (Fsp3) is 0. The van der Waals surface area contributed by atoms with Crippen LogP contribution in [0.15, 0.2) is 28.7 Å². The summed E-state index contributed by atoms with van der Waals surface area (Å²) in [7, 11) is 0. The van der Waals surface area contributed by atoms with Crippen molar-refractivity contribution in [1.82, 2.24) is 0 Å². The number of nitrogens with one attached hydrogen (secondary N) is 1. The molecule has 8 heteroatoms. The molecule has 0 atom stereocenters. The highest BCUT2D eigenvalue weighted by Gasteiger charge is 2.17. The summed E-state index contributed by atoms with van der Waals surface area (Å²) in [5, 5.41) is 2.80. The van der Waals surface area contributed by atoms with E-state index in [2.05, 4.69) is 21.2 Å². The van der Waals surface area contributed by atoms with Crippen LogP contribution in [0.25, 0.3) is 0 Å². The Balaban J connectivity index is 2.40. The predicted molar refractivity (Wildman–Crippen MR) is 87.9 cm³/mol. The van der Waals surface area contributed by atoms with Crippen LogP contribution in [0.4, 0.5) is 15.8 Å². The number of amides is 1. The number of halogens is 5.